The molecular formula is C60H97O11P. The smallest absolute Gasteiger partial charge is 0.462 e. The molecule has 2 N–H and O–H groups in total. The van der Waals surface area contributed by atoms with Crippen molar-refractivity contribution in [2.75, 3.05) is 26.4 Å². The molecule has 0 radical (unpaired) electrons. The van der Waals surface area contributed by atoms with Gasteiger partial charge < -0.3 is 24.2 Å². The molecule has 12 heteroatoms. The lowest BCUT2D eigenvalue weighted by Gasteiger charge is -2.21. The molecule has 408 valence electrons. The fourth-order valence-corrected chi connectivity index (χ4v) is 7.57. The zero-order valence-corrected chi connectivity index (χ0v) is 45.7. The molecule has 0 amide bonds. The van der Waals surface area contributed by atoms with Crippen molar-refractivity contribution in [3.05, 3.63) is 122 Å². The first-order valence-corrected chi connectivity index (χ1v) is 28.9. The van der Waals surface area contributed by atoms with Gasteiger partial charge in [-0.25, -0.2) is 4.57 Å². The average molecular weight is 1030 g/mol. The number of phosphoric ester groups is 1. The Bertz CT molecular complexity index is 1670. The first-order valence-electron chi connectivity index (χ1n) is 27.4. The van der Waals surface area contributed by atoms with Crippen LogP contribution in [0.1, 0.15) is 201 Å². The average Bonchev–Trinajstić information content (AvgIpc) is 3.37. The highest BCUT2D eigenvalue weighted by molar-refractivity contribution is 7.47. The summed E-state index contributed by atoms with van der Waals surface area (Å²) >= 11 is 0. The molecule has 0 rings (SSSR count). The molecule has 0 spiro atoms. The van der Waals surface area contributed by atoms with Crippen LogP contribution in [0.25, 0.3) is 0 Å². The highest BCUT2D eigenvalue weighted by Gasteiger charge is 2.28. The Morgan fingerprint density at radius 2 is 0.681 bits per heavy atom. The second-order valence-corrected chi connectivity index (χ2v) is 19.1. The molecule has 72 heavy (non-hydrogen) atoms. The van der Waals surface area contributed by atoms with E-state index in [9.17, 15) is 28.9 Å². The molecule has 0 aliphatic heterocycles. The second kappa shape index (κ2) is 53.2. The number of carbonyl (C=O) groups is 3. The molecule has 0 saturated heterocycles. The summed E-state index contributed by atoms with van der Waals surface area (Å²) in [7, 11) is -4.77. The van der Waals surface area contributed by atoms with E-state index in [2.05, 4.69) is 142 Å². The van der Waals surface area contributed by atoms with Crippen LogP contribution in [0.2, 0.25) is 0 Å². The minimum absolute atomic E-state index is 0.125. The van der Waals surface area contributed by atoms with Crippen LogP contribution in [0.4, 0.5) is 0 Å². The van der Waals surface area contributed by atoms with E-state index in [4.69, 9.17) is 23.3 Å². The van der Waals surface area contributed by atoms with Gasteiger partial charge in [-0.05, 0) is 122 Å². The number of hydrogen-bond donors (Lipinski definition) is 2. The molecule has 3 unspecified atom stereocenters. The minimum atomic E-state index is -4.77. The Balaban J connectivity index is 4.83. The maximum absolute atomic E-state index is 12.9. The van der Waals surface area contributed by atoms with Crippen LogP contribution >= 0.6 is 7.82 Å². The predicted octanol–water partition coefficient (Wildman–Crippen LogP) is 16.0. The zero-order valence-electron chi connectivity index (χ0n) is 44.8. The molecule has 0 aromatic rings. The number of hydrogen-bond acceptors (Lipinski definition) is 10. The lowest BCUT2D eigenvalue weighted by molar-refractivity contribution is -0.161. The first-order chi connectivity index (χ1) is 35.2. The van der Waals surface area contributed by atoms with Gasteiger partial charge in [-0.3, -0.25) is 23.4 Å². The van der Waals surface area contributed by atoms with Gasteiger partial charge >= 0.3 is 25.7 Å². The highest BCUT2D eigenvalue weighted by Crippen LogP contribution is 2.43. The Kier molecular flexibility index (Phi) is 50.1. The minimum Gasteiger partial charge on any atom is -0.462 e. The second-order valence-electron chi connectivity index (χ2n) is 17.6. The van der Waals surface area contributed by atoms with Crippen molar-refractivity contribution in [1.82, 2.24) is 0 Å². The summed E-state index contributed by atoms with van der Waals surface area (Å²) in [4.78, 5) is 48.4. The normalized spacial score (nSPS) is 14.3. The number of phosphoric acid groups is 1. The number of aliphatic hydroxyl groups excluding tert-OH is 1. The number of rotatable bonds is 49. The Morgan fingerprint density at radius 3 is 1.06 bits per heavy atom. The van der Waals surface area contributed by atoms with Gasteiger partial charge in [0.1, 0.15) is 12.7 Å². The molecule has 3 atom stereocenters. The summed E-state index contributed by atoms with van der Waals surface area (Å²) in [5, 5.41) is 9.80. The molecule has 0 aromatic carbocycles. The topological polar surface area (TPSA) is 155 Å². The van der Waals surface area contributed by atoms with Crippen molar-refractivity contribution in [3.63, 3.8) is 0 Å². The Morgan fingerprint density at radius 1 is 0.389 bits per heavy atom. The molecule has 0 saturated carbocycles. The van der Waals surface area contributed by atoms with Gasteiger partial charge in [0.05, 0.1) is 19.8 Å². The summed E-state index contributed by atoms with van der Waals surface area (Å²) in [6.07, 6.45) is 64.5. The monoisotopic (exact) mass is 1020 g/mol. The molecule has 0 heterocycles. The van der Waals surface area contributed by atoms with E-state index >= 15 is 0 Å². The largest absolute Gasteiger partial charge is 0.472 e. The molecular weight excluding hydrogens is 928 g/mol. The van der Waals surface area contributed by atoms with Gasteiger partial charge in [0.25, 0.3) is 0 Å². The number of allylic oxidation sites excluding steroid dienone is 20. The number of esters is 3. The van der Waals surface area contributed by atoms with Gasteiger partial charge in [0.2, 0.25) is 0 Å². The molecule has 0 aliphatic rings. The van der Waals surface area contributed by atoms with Crippen molar-refractivity contribution in [2.24, 2.45) is 0 Å². The molecule has 0 aromatic heterocycles. The quantitative estimate of drug-likeness (QED) is 0.0197. The fraction of sp³-hybridized carbons (Fsp3) is 0.617. The SMILES string of the molecule is CC/C=C\C/C=C\C/C=C\C/C=C\CCCCCCC(=O)OC(COC(=O)CCCCC/C=C\C/C=C\C/C=C\CC)COP(=O)(O)OCC(CO)OC(=O)CCCCCCC/C=C\C/C=C\C/C=C\CC. The Hall–Kier alpha value is -4.12. The van der Waals surface area contributed by atoms with E-state index in [-0.39, 0.29) is 25.9 Å². The lowest BCUT2D eigenvalue weighted by Crippen LogP contribution is -2.30. The van der Waals surface area contributed by atoms with Crippen molar-refractivity contribution in [3.8, 4) is 0 Å². The van der Waals surface area contributed by atoms with E-state index in [1.165, 1.54) is 0 Å². The summed E-state index contributed by atoms with van der Waals surface area (Å²) in [6.45, 7) is 4.19. The Labute approximate surface area is 437 Å². The molecule has 0 bridgehead atoms. The standard InChI is InChI=1S/C60H97O11P/c1-4-7-10-13-16-19-22-25-27-28-30-33-36-39-42-45-48-51-60(64)71-57(53-67-58(62)49-46-43-40-37-34-31-24-21-18-15-12-9-6-3)55-69-72(65,66)68-54-56(52-61)70-59(63)50-47-44-41-38-35-32-29-26-23-20-17-14-11-8-5-2/h7-12,16-21,25-27,29-31,33-34,56-57,61H,4-6,13-15,22-24,28,32,35-55H2,1-3H3,(H,65,66)/b10-7-,11-8-,12-9-,19-16-,20-17-,21-18-,27-25-,29-26-,33-30-,34-31-. The van der Waals surface area contributed by atoms with Crippen LogP contribution in [-0.4, -0.2) is 66.5 Å². The summed E-state index contributed by atoms with van der Waals surface area (Å²) in [5.41, 5.74) is 0. The van der Waals surface area contributed by atoms with E-state index in [1.807, 2.05) is 0 Å². The van der Waals surface area contributed by atoms with E-state index in [0.29, 0.717) is 19.3 Å². The third kappa shape index (κ3) is 50.8. The number of aliphatic hydroxyl groups is 1. The molecule has 11 nitrogen and oxygen atoms in total. The van der Waals surface area contributed by atoms with Gasteiger partial charge in [-0.15, -0.1) is 0 Å². The molecule has 0 aliphatic carbocycles. The fourth-order valence-electron chi connectivity index (χ4n) is 6.79. The summed E-state index contributed by atoms with van der Waals surface area (Å²) in [6, 6.07) is 0. The van der Waals surface area contributed by atoms with E-state index in [1.54, 1.807) is 0 Å². The van der Waals surface area contributed by atoms with Gasteiger partial charge in [0, 0.05) is 19.3 Å². The van der Waals surface area contributed by atoms with Crippen LogP contribution in [0, 0.1) is 0 Å². The van der Waals surface area contributed by atoms with Crippen LogP contribution in [0.15, 0.2) is 122 Å². The van der Waals surface area contributed by atoms with Crippen LogP contribution in [0.3, 0.4) is 0 Å². The third-order valence-corrected chi connectivity index (χ3v) is 11.8. The number of ether oxygens (including phenoxy) is 3. The summed E-state index contributed by atoms with van der Waals surface area (Å²) < 4.78 is 39.4. The van der Waals surface area contributed by atoms with Crippen molar-refractivity contribution in [1.29, 1.82) is 0 Å². The van der Waals surface area contributed by atoms with Gasteiger partial charge in [-0.1, -0.05) is 181 Å². The maximum atomic E-state index is 12.9. The van der Waals surface area contributed by atoms with Gasteiger partial charge in [0.15, 0.2) is 6.10 Å². The van der Waals surface area contributed by atoms with Crippen molar-refractivity contribution < 1.29 is 52.2 Å². The van der Waals surface area contributed by atoms with E-state index < -0.39 is 57.8 Å². The third-order valence-electron chi connectivity index (χ3n) is 10.9. The predicted molar refractivity (Wildman–Crippen MR) is 297 cm³/mol. The van der Waals surface area contributed by atoms with E-state index in [0.717, 1.165) is 141 Å². The maximum Gasteiger partial charge on any atom is 0.472 e. The van der Waals surface area contributed by atoms with Gasteiger partial charge in [-0.2, -0.15) is 0 Å². The number of carbonyl (C=O) groups excluding carboxylic acids is 3. The number of unbranched alkanes of at least 4 members (excludes halogenated alkanes) is 12. The van der Waals surface area contributed by atoms with Crippen molar-refractivity contribution in [2.45, 2.75) is 213 Å². The first kappa shape index (κ1) is 67.9. The molecule has 0 fully saturated rings. The van der Waals surface area contributed by atoms with Crippen LogP contribution < -0.4 is 0 Å². The lowest BCUT2D eigenvalue weighted by atomic mass is 10.1. The zero-order chi connectivity index (χ0) is 52.7. The van der Waals surface area contributed by atoms with Crippen molar-refractivity contribution >= 4 is 25.7 Å². The van der Waals surface area contributed by atoms with Crippen LogP contribution in [-0.2, 0) is 42.2 Å². The highest BCUT2D eigenvalue weighted by atomic mass is 31.2. The summed E-state index contributed by atoms with van der Waals surface area (Å²) in [5.74, 6) is -1.56. The van der Waals surface area contributed by atoms with Crippen LogP contribution in [0.5, 0.6) is 0 Å².